The highest BCUT2D eigenvalue weighted by Crippen LogP contribution is 2.54. The van der Waals surface area contributed by atoms with Gasteiger partial charge >= 0.3 is 5.97 Å². The summed E-state index contributed by atoms with van der Waals surface area (Å²) in [6.07, 6.45) is -0.662. The number of halogens is 2. The molecule has 4 nitrogen and oxygen atoms in total. The molecule has 1 aromatic carbocycles. The lowest BCUT2D eigenvalue weighted by Gasteiger charge is -2.33. The van der Waals surface area contributed by atoms with Gasteiger partial charge in [0.2, 0.25) is 0 Å². The lowest BCUT2D eigenvalue weighted by Crippen LogP contribution is -2.46. The minimum atomic E-state index is -1.08. The number of benzene rings is 1. The van der Waals surface area contributed by atoms with Gasteiger partial charge in [0.15, 0.2) is 0 Å². The maximum Gasteiger partial charge on any atom is 0.323 e. The van der Waals surface area contributed by atoms with Crippen LogP contribution in [-0.4, -0.2) is 41.1 Å². The first-order valence-electron chi connectivity index (χ1n) is 5.89. The van der Waals surface area contributed by atoms with Crippen LogP contribution in [0.25, 0.3) is 0 Å². The van der Waals surface area contributed by atoms with Crippen LogP contribution in [0, 0.1) is 0 Å². The lowest BCUT2D eigenvalue weighted by atomic mass is 9.86. The summed E-state index contributed by atoms with van der Waals surface area (Å²) >= 11 is 3.32. The number of hydrogen-bond donors (Lipinski definition) is 1. The summed E-state index contributed by atoms with van der Waals surface area (Å²) in [5.41, 5.74) is 0.402. The molecule has 1 fully saturated rings. The topological polar surface area (TPSA) is 57.6 Å². The van der Waals surface area contributed by atoms with E-state index < -0.39 is 17.6 Å². The average molecular weight is 328 g/mol. The lowest BCUT2D eigenvalue weighted by molar-refractivity contribution is -0.137. The van der Waals surface area contributed by atoms with Gasteiger partial charge in [-0.05, 0) is 30.2 Å². The van der Waals surface area contributed by atoms with E-state index in [9.17, 15) is 14.0 Å². The molecule has 3 rings (SSSR count). The summed E-state index contributed by atoms with van der Waals surface area (Å²) in [6, 6.07) is 5.11. The number of amides is 1. The first-order valence-corrected chi connectivity index (χ1v) is 6.68. The van der Waals surface area contributed by atoms with E-state index in [1.165, 1.54) is 4.90 Å². The molecule has 0 aromatic heterocycles. The highest BCUT2D eigenvalue weighted by molar-refractivity contribution is 9.10. The number of carbonyl (C=O) groups is 2. The van der Waals surface area contributed by atoms with Gasteiger partial charge in [0.25, 0.3) is 5.91 Å². The summed E-state index contributed by atoms with van der Waals surface area (Å²) < 4.78 is 14.6. The van der Waals surface area contributed by atoms with E-state index >= 15 is 0 Å². The van der Waals surface area contributed by atoms with Crippen LogP contribution in [0.5, 0.6) is 0 Å². The van der Waals surface area contributed by atoms with Crippen LogP contribution in [0.3, 0.4) is 0 Å². The fraction of sp³-hybridized carbons (Fsp3) is 0.385. The zero-order chi connectivity index (χ0) is 13.8. The van der Waals surface area contributed by atoms with Crippen molar-refractivity contribution in [1.29, 1.82) is 0 Å². The normalized spacial score (nSPS) is 28.4. The van der Waals surface area contributed by atoms with Crippen molar-refractivity contribution in [3.8, 4) is 0 Å². The van der Waals surface area contributed by atoms with Crippen molar-refractivity contribution >= 4 is 27.8 Å². The molecule has 1 unspecified atom stereocenters. The Morgan fingerprint density at radius 3 is 2.84 bits per heavy atom. The van der Waals surface area contributed by atoms with Gasteiger partial charge in [0.05, 0.1) is 0 Å². The molecule has 1 aromatic rings. The number of carboxylic acid groups (broad SMARTS) is 1. The number of carboxylic acids is 1. The first-order chi connectivity index (χ1) is 8.94. The van der Waals surface area contributed by atoms with Crippen LogP contribution in [0.4, 0.5) is 4.39 Å². The third kappa shape index (κ3) is 1.85. The molecule has 1 amide bonds. The summed E-state index contributed by atoms with van der Waals surface area (Å²) in [4.78, 5) is 24.2. The van der Waals surface area contributed by atoms with E-state index in [2.05, 4.69) is 15.9 Å². The van der Waals surface area contributed by atoms with Crippen LogP contribution in [0.1, 0.15) is 22.3 Å². The Morgan fingerprint density at radius 1 is 1.58 bits per heavy atom. The van der Waals surface area contributed by atoms with Gasteiger partial charge in [0.1, 0.15) is 12.7 Å². The van der Waals surface area contributed by atoms with Gasteiger partial charge < -0.3 is 10.0 Å². The van der Waals surface area contributed by atoms with Gasteiger partial charge in [-0.2, -0.15) is 0 Å². The molecule has 1 heterocycles. The molecular formula is C13H11BrFNO3. The van der Waals surface area contributed by atoms with E-state index in [-0.39, 0.29) is 19.0 Å². The number of fused-ring (bicyclic) bond motifs is 2. The standard InChI is InChI=1S/C13H11BrFNO3/c14-7-1-2-8-9(3-7)13(4-10(13)15)6-16(12(8)19)5-11(17)18/h1-3,10H,4-6H2,(H,17,18)/t10?,13-/m0/s1. The molecular weight excluding hydrogens is 317 g/mol. The molecule has 2 atom stereocenters. The molecule has 6 heteroatoms. The maximum atomic E-state index is 13.8. The SMILES string of the molecule is O=C(O)CN1C[C@@]2(CC2F)c2cc(Br)ccc2C1=O. The Balaban J connectivity index is 2.07. The van der Waals surface area contributed by atoms with E-state index in [0.717, 1.165) is 4.47 Å². The zero-order valence-electron chi connectivity index (χ0n) is 9.90. The Bertz CT molecular complexity index is 591. The highest BCUT2D eigenvalue weighted by atomic mass is 79.9. The largest absolute Gasteiger partial charge is 0.480 e. The van der Waals surface area contributed by atoms with Crippen molar-refractivity contribution < 1.29 is 19.1 Å². The van der Waals surface area contributed by atoms with E-state index in [0.29, 0.717) is 17.5 Å². The Morgan fingerprint density at radius 2 is 2.26 bits per heavy atom. The monoisotopic (exact) mass is 327 g/mol. The molecule has 100 valence electrons. The Labute approximate surface area is 117 Å². The Hall–Kier alpha value is -1.43. The highest BCUT2D eigenvalue weighted by Gasteiger charge is 2.61. The minimum Gasteiger partial charge on any atom is -0.480 e. The van der Waals surface area contributed by atoms with Crippen LogP contribution in [0.15, 0.2) is 22.7 Å². The maximum absolute atomic E-state index is 13.8. The molecule has 19 heavy (non-hydrogen) atoms. The fourth-order valence-electron chi connectivity index (χ4n) is 2.78. The predicted molar refractivity (Wildman–Crippen MR) is 68.9 cm³/mol. The third-order valence-corrected chi connectivity index (χ3v) is 4.31. The number of hydrogen-bond acceptors (Lipinski definition) is 2. The van der Waals surface area contributed by atoms with Gasteiger partial charge in [-0.3, -0.25) is 9.59 Å². The molecule has 0 saturated heterocycles. The second-order valence-electron chi connectivity index (χ2n) is 5.07. The van der Waals surface area contributed by atoms with Crippen LogP contribution < -0.4 is 0 Å². The number of rotatable bonds is 2. The number of aliphatic carboxylic acids is 1. The van der Waals surface area contributed by atoms with Crippen molar-refractivity contribution in [2.24, 2.45) is 0 Å². The second-order valence-corrected chi connectivity index (χ2v) is 5.99. The average Bonchev–Trinajstić information content (AvgIpc) is 2.97. The first kappa shape index (κ1) is 12.6. The Kier molecular flexibility index (Phi) is 2.67. The summed E-state index contributed by atoms with van der Waals surface area (Å²) in [5.74, 6) is -1.42. The molecule has 1 saturated carbocycles. The third-order valence-electron chi connectivity index (χ3n) is 3.82. The van der Waals surface area contributed by atoms with Crippen LogP contribution in [0.2, 0.25) is 0 Å². The van der Waals surface area contributed by atoms with Gasteiger partial charge in [-0.15, -0.1) is 0 Å². The molecule has 1 spiro atoms. The van der Waals surface area contributed by atoms with Crippen LogP contribution in [-0.2, 0) is 10.2 Å². The smallest absolute Gasteiger partial charge is 0.323 e. The fourth-order valence-corrected chi connectivity index (χ4v) is 3.14. The summed E-state index contributed by atoms with van der Waals surface area (Å²) in [6.45, 7) is -0.244. The number of alkyl halides is 1. The van der Waals surface area contributed by atoms with Crippen molar-refractivity contribution in [3.63, 3.8) is 0 Å². The van der Waals surface area contributed by atoms with Gasteiger partial charge in [-0.25, -0.2) is 4.39 Å². The number of carbonyl (C=O) groups excluding carboxylic acids is 1. The van der Waals surface area contributed by atoms with Crippen molar-refractivity contribution in [3.05, 3.63) is 33.8 Å². The van der Waals surface area contributed by atoms with E-state index in [1.807, 2.05) is 0 Å². The van der Waals surface area contributed by atoms with Crippen molar-refractivity contribution in [2.75, 3.05) is 13.1 Å². The van der Waals surface area contributed by atoms with Crippen molar-refractivity contribution in [1.82, 2.24) is 4.90 Å². The second kappa shape index (κ2) is 4.03. The van der Waals surface area contributed by atoms with Crippen LogP contribution >= 0.6 is 15.9 Å². The van der Waals surface area contributed by atoms with Gasteiger partial charge in [0, 0.05) is 22.0 Å². The zero-order valence-corrected chi connectivity index (χ0v) is 11.5. The molecule has 2 aliphatic rings. The van der Waals surface area contributed by atoms with E-state index in [4.69, 9.17) is 5.11 Å². The summed E-state index contributed by atoms with van der Waals surface area (Å²) in [7, 11) is 0. The number of nitrogens with zero attached hydrogens (tertiary/aromatic N) is 1. The molecule has 1 N–H and O–H groups in total. The molecule has 0 radical (unpaired) electrons. The predicted octanol–water partition coefficient (Wildman–Crippen LogP) is 1.97. The quantitative estimate of drug-likeness (QED) is 0.903. The molecule has 1 aliphatic carbocycles. The summed E-state index contributed by atoms with van der Waals surface area (Å²) in [5, 5.41) is 8.84. The minimum absolute atomic E-state index is 0.142. The van der Waals surface area contributed by atoms with E-state index in [1.54, 1.807) is 18.2 Å². The van der Waals surface area contributed by atoms with Crippen molar-refractivity contribution in [2.45, 2.75) is 18.0 Å². The molecule has 1 aliphatic heterocycles. The molecule has 0 bridgehead atoms. The van der Waals surface area contributed by atoms with Gasteiger partial charge in [-0.1, -0.05) is 15.9 Å².